The predicted octanol–water partition coefficient (Wildman–Crippen LogP) is 4.32. The van der Waals surface area contributed by atoms with Crippen LogP contribution in [0.5, 0.6) is 0 Å². The van der Waals surface area contributed by atoms with Gasteiger partial charge in [-0.2, -0.15) is 0 Å². The number of hydrogen-bond acceptors (Lipinski definition) is 3. The van der Waals surface area contributed by atoms with Crippen molar-refractivity contribution in [2.24, 2.45) is 0 Å². The summed E-state index contributed by atoms with van der Waals surface area (Å²) in [6.07, 6.45) is 7.36. The second kappa shape index (κ2) is 6.66. The molecule has 0 saturated carbocycles. The van der Waals surface area contributed by atoms with Crippen LogP contribution in [0.4, 0.5) is 0 Å². The molecule has 2 aromatic rings. The van der Waals surface area contributed by atoms with Gasteiger partial charge in [0.15, 0.2) is 0 Å². The highest BCUT2D eigenvalue weighted by Crippen LogP contribution is 2.45. The van der Waals surface area contributed by atoms with E-state index in [2.05, 4.69) is 47.1 Å². The Hall–Kier alpha value is -2.10. The van der Waals surface area contributed by atoms with Crippen molar-refractivity contribution in [1.29, 1.82) is 0 Å². The van der Waals surface area contributed by atoms with Crippen molar-refractivity contribution in [3.63, 3.8) is 0 Å². The van der Waals surface area contributed by atoms with E-state index in [0.29, 0.717) is 0 Å². The lowest BCUT2D eigenvalue weighted by atomic mass is 10.0. The Labute approximate surface area is 154 Å². The van der Waals surface area contributed by atoms with Crippen LogP contribution in [0.25, 0.3) is 16.7 Å². The minimum absolute atomic E-state index is 0.754. The number of aromatic nitrogens is 1. The number of halogens is 1. The normalized spacial score (nSPS) is 15.7. The van der Waals surface area contributed by atoms with Gasteiger partial charge in [0.05, 0.1) is 0 Å². The first-order valence-electron chi connectivity index (χ1n) is 8.68. The standard InChI is InChI=1S/C21H22ClN3/c1-24(2)7-4-8-25-14-20(19-11-21(19)25)17-9-16(12-23-13-17)15-5-3-6-18(22)10-15/h3,5-6,9-13H,4,7-8,14H2,1-2H3. The van der Waals surface area contributed by atoms with Crippen molar-refractivity contribution in [2.45, 2.75) is 6.42 Å². The molecule has 1 aromatic carbocycles. The van der Waals surface area contributed by atoms with Gasteiger partial charge in [0.2, 0.25) is 0 Å². The molecule has 4 rings (SSSR count). The summed E-state index contributed by atoms with van der Waals surface area (Å²) < 4.78 is 0. The van der Waals surface area contributed by atoms with Crippen LogP contribution in [0.1, 0.15) is 12.0 Å². The third-order valence-electron chi connectivity index (χ3n) is 4.77. The smallest absolute Gasteiger partial charge is 0.0454 e. The summed E-state index contributed by atoms with van der Waals surface area (Å²) >= 11 is 6.13. The lowest BCUT2D eigenvalue weighted by Crippen LogP contribution is -2.23. The molecular formula is C21H22ClN3. The maximum Gasteiger partial charge on any atom is 0.0454 e. The first-order valence-corrected chi connectivity index (χ1v) is 9.06. The van der Waals surface area contributed by atoms with Crippen LogP contribution in [-0.4, -0.2) is 48.5 Å². The average Bonchev–Trinajstić information content (AvgIpc) is 3.31. The molecule has 2 heterocycles. The number of benzene rings is 1. The van der Waals surface area contributed by atoms with Gasteiger partial charge in [0.25, 0.3) is 0 Å². The van der Waals surface area contributed by atoms with Crippen LogP contribution in [0, 0.1) is 0 Å². The third kappa shape index (κ3) is 3.48. The molecule has 4 heteroatoms. The van der Waals surface area contributed by atoms with Crippen molar-refractivity contribution >= 4 is 17.2 Å². The van der Waals surface area contributed by atoms with E-state index in [9.17, 15) is 0 Å². The summed E-state index contributed by atoms with van der Waals surface area (Å²) in [6, 6.07) is 10.2. The molecule has 0 saturated heterocycles. The van der Waals surface area contributed by atoms with E-state index in [-0.39, 0.29) is 0 Å². The molecule has 0 N–H and O–H groups in total. The van der Waals surface area contributed by atoms with E-state index in [1.165, 1.54) is 28.8 Å². The van der Waals surface area contributed by atoms with E-state index in [4.69, 9.17) is 11.6 Å². The first-order chi connectivity index (χ1) is 12.1. The van der Waals surface area contributed by atoms with E-state index >= 15 is 0 Å². The van der Waals surface area contributed by atoms with Gasteiger partial charge in [-0.15, -0.1) is 0 Å². The number of nitrogens with zero attached hydrogens (tertiary/aromatic N) is 3. The fourth-order valence-electron chi connectivity index (χ4n) is 3.42. The highest BCUT2D eigenvalue weighted by atomic mass is 35.5. The monoisotopic (exact) mass is 351 g/mol. The molecule has 0 atom stereocenters. The van der Waals surface area contributed by atoms with Crippen molar-refractivity contribution in [3.05, 3.63) is 70.7 Å². The lowest BCUT2D eigenvalue weighted by molar-refractivity contribution is 0.344. The van der Waals surface area contributed by atoms with E-state index in [1.807, 2.05) is 30.6 Å². The van der Waals surface area contributed by atoms with Gasteiger partial charge in [-0.05, 0) is 68.0 Å². The van der Waals surface area contributed by atoms with E-state index in [0.717, 1.165) is 35.8 Å². The SMILES string of the molecule is CN(C)CCCN1CC(c2cncc(-c3cccc(Cl)c3)c2)=C2C=C21. The highest BCUT2D eigenvalue weighted by Gasteiger charge is 2.34. The minimum Gasteiger partial charge on any atom is -0.367 e. The number of pyridine rings is 1. The number of rotatable bonds is 6. The zero-order chi connectivity index (χ0) is 17.4. The van der Waals surface area contributed by atoms with Gasteiger partial charge in [0, 0.05) is 47.3 Å². The summed E-state index contributed by atoms with van der Waals surface area (Å²) in [7, 11) is 4.25. The zero-order valence-electron chi connectivity index (χ0n) is 14.7. The average molecular weight is 352 g/mol. The Balaban J connectivity index is 1.51. The largest absolute Gasteiger partial charge is 0.367 e. The molecular weight excluding hydrogens is 330 g/mol. The fourth-order valence-corrected chi connectivity index (χ4v) is 3.61. The maximum absolute atomic E-state index is 6.13. The summed E-state index contributed by atoms with van der Waals surface area (Å²) in [5.74, 6) is 0. The van der Waals surface area contributed by atoms with Crippen LogP contribution in [0.15, 0.2) is 60.1 Å². The van der Waals surface area contributed by atoms with Crippen LogP contribution in [0.3, 0.4) is 0 Å². The summed E-state index contributed by atoms with van der Waals surface area (Å²) in [6.45, 7) is 3.23. The Morgan fingerprint density at radius 1 is 1.12 bits per heavy atom. The Kier molecular flexibility index (Phi) is 4.36. The zero-order valence-corrected chi connectivity index (χ0v) is 15.4. The third-order valence-corrected chi connectivity index (χ3v) is 5.00. The molecule has 0 radical (unpaired) electrons. The Morgan fingerprint density at radius 3 is 2.76 bits per heavy atom. The lowest BCUT2D eigenvalue weighted by Gasteiger charge is -2.20. The number of hydrogen-bond donors (Lipinski definition) is 0. The van der Waals surface area contributed by atoms with E-state index < -0.39 is 0 Å². The Morgan fingerprint density at radius 2 is 1.96 bits per heavy atom. The summed E-state index contributed by atoms with van der Waals surface area (Å²) in [5.41, 5.74) is 7.67. The minimum atomic E-state index is 0.754. The van der Waals surface area contributed by atoms with Crippen molar-refractivity contribution in [1.82, 2.24) is 14.8 Å². The molecule has 25 heavy (non-hydrogen) atoms. The van der Waals surface area contributed by atoms with Crippen molar-refractivity contribution in [3.8, 4) is 11.1 Å². The second-order valence-corrected chi connectivity index (χ2v) is 7.41. The quantitative estimate of drug-likeness (QED) is 0.772. The van der Waals surface area contributed by atoms with Crippen LogP contribution in [0.2, 0.25) is 5.02 Å². The van der Waals surface area contributed by atoms with Crippen molar-refractivity contribution < 1.29 is 0 Å². The molecule has 128 valence electrons. The van der Waals surface area contributed by atoms with Crippen LogP contribution in [-0.2, 0) is 0 Å². The van der Waals surface area contributed by atoms with Gasteiger partial charge >= 0.3 is 0 Å². The topological polar surface area (TPSA) is 19.4 Å². The van der Waals surface area contributed by atoms with Gasteiger partial charge in [-0.1, -0.05) is 23.7 Å². The predicted molar refractivity (Wildman–Crippen MR) is 104 cm³/mol. The molecule has 1 aliphatic heterocycles. The fraction of sp³-hybridized carbons (Fsp3) is 0.286. The molecule has 2 aliphatic rings. The molecule has 1 aliphatic carbocycles. The van der Waals surface area contributed by atoms with E-state index in [1.54, 1.807) is 0 Å². The molecule has 0 spiro atoms. The van der Waals surface area contributed by atoms with Crippen molar-refractivity contribution in [2.75, 3.05) is 33.7 Å². The van der Waals surface area contributed by atoms with Crippen LogP contribution < -0.4 is 0 Å². The van der Waals surface area contributed by atoms with Gasteiger partial charge in [-0.3, -0.25) is 4.98 Å². The second-order valence-electron chi connectivity index (χ2n) is 6.97. The molecule has 0 bridgehead atoms. The maximum atomic E-state index is 6.13. The summed E-state index contributed by atoms with van der Waals surface area (Å²) in [5, 5.41) is 0.754. The summed E-state index contributed by atoms with van der Waals surface area (Å²) in [4.78, 5) is 9.20. The van der Waals surface area contributed by atoms with Gasteiger partial charge < -0.3 is 9.80 Å². The van der Waals surface area contributed by atoms with Gasteiger partial charge in [-0.25, -0.2) is 0 Å². The number of allylic oxidation sites excluding steroid dienone is 2. The molecule has 3 nitrogen and oxygen atoms in total. The van der Waals surface area contributed by atoms with Gasteiger partial charge in [0.1, 0.15) is 0 Å². The molecule has 0 fully saturated rings. The Bertz CT molecular complexity index is 867. The molecule has 0 unspecified atom stereocenters. The first kappa shape index (κ1) is 16.4. The molecule has 0 amide bonds. The number of fused-ring (bicyclic) bond motifs is 1. The molecule has 1 aromatic heterocycles. The van der Waals surface area contributed by atoms with Crippen LogP contribution >= 0.6 is 11.6 Å². The highest BCUT2D eigenvalue weighted by molar-refractivity contribution is 6.30.